The van der Waals surface area contributed by atoms with Crippen molar-refractivity contribution in [2.45, 2.75) is 26.4 Å². The van der Waals surface area contributed by atoms with E-state index in [-0.39, 0.29) is 0 Å². The van der Waals surface area contributed by atoms with Gasteiger partial charge in [-0.15, -0.1) is 0 Å². The number of aromatic nitrogens is 1. The summed E-state index contributed by atoms with van der Waals surface area (Å²) in [7, 11) is 0. The molecule has 1 aromatic heterocycles. The molecule has 0 spiro atoms. The lowest BCUT2D eigenvalue weighted by atomic mass is 10.2. The van der Waals surface area contributed by atoms with E-state index in [0.717, 1.165) is 12.2 Å². The van der Waals surface area contributed by atoms with E-state index < -0.39 is 6.10 Å². The highest BCUT2D eigenvalue weighted by molar-refractivity contribution is 5.32. The lowest BCUT2D eigenvalue weighted by Crippen LogP contribution is -1.95. The molecule has 0 saturated heterocycles. The quantitative estimate of drug-likeness (QED) is 0.893. The minimum absolute atomic E-state index is 0.553. The summed E-state index contributed by atoms with van der Waals surface area (Å²) in [5.74, 6) is 1.46. The first-order valence-corrected chi connectivity index (χ1v) is 6.10. The van der Waals surface area contributed by atoms with Gasteiger partial charge >= 0.3 is 0 Å². The molecule has 0 saturated carbocycles. The standard InChI is InChI=1S/C15H17NO2/c1-3-12-4-6-13(7-5-12)18-14-8-9-15(11(2)17)16-10-14/h4-11,17H,3H2,1-2H3/t11-/m0/s1. The summed E-state index contributed by atoms with van der Waals surface area (Å²) in [4.78, 5) is 4.13. The van der Waals surface area contributed by atoms with Crippen molar-refractivity contribution < 1.29 is 9.84 Å². The second-order valence-corrected chi connectivity index (χ2v) is 4.19. The van der Waals surface area contributed by atoms with Crippen molar-refractivity contribution in [3.8, 4) is 11.5 Å². The average Bonchev–Trinajstić information content (AvgIpc) is 2.40. The average molecular weight is 243 g/mol. The summed E-state index contributed by atoms with van der Waals surface area (Å²) < 4.78 is 5.67. The SMILES string of the molecule is CCc1ccc(Oc2ccc([C@H](C)O)nc2)cc1. The molecule has 0 aliphatic carbocycles. The molecule has 0 aliphatic heterocycles. The summed E-state index contributed by atoms with van der Waals surface area (Å²) >= 11 is 0. The molecule has 0 unspecified atom stereocenters. The summed E-state index contributed by atoms with van der Waals surface area (Å²) in [6, 6.07) is 11.6. The van der Waals surface area contributed by atoms with Crippen molar-refractivity contribution in [1.29, 1.82) is 0 Å². The third-order valence-corrected chi connectivity index (χ3v) is 2.75. The van der Waals surface area contributed by atoms with E-state index in [0.29, 0.717) is 11.4 Å². The molecule has 1 aromatic carbocycles. The zero-order valence-electron chi connectivity index (χ0n) is 10.6. The molecule has 1 heterocycles. The second-order valence-electron chi connectivity index (χ2n) is 4.19. The number of rotatable bonds is 4. The molecule has 0 aliphatic rings. The smallest absolute Gasteiger partial charge is 0.145 e. The first-order chi connectivity index (χ1) is 8.69. The molecule has 2 rings (SSSR count). The normalized spacial score (nSPS) is 12.2. The molecule has 0 amide bonds. The number of benzene rings is 1. The summed E-state index contributed by atoms with van der Waals surface area (Å²) in [6.07, 6.45) is 2.09. The molecule has 18 heavy (non-hydrogen) atoms. The second kappa shape index (κ2) is 5.65. The Hall–Kier alpha value is -1.87. The first kappa shape index (κ1) is 12.6. The van der Waals surface area contributed by atoms with Gasteiger partial charge in [-0.2, -0.15) is 0 Å². The van der Waals surface area contributed by atoms with Crippen molar-refractivity contribution in [2.24, 2.45) is 0 Å². The van der Waals surface area contributed by atoms with Crippen LogP contribution in [0.2, 0.25) is 0 Å². The van der Waals surface area contributed by atoms with E-state index in [4.69, 9.17) is 4.74 Å². The maximum absolute atomic E-state index is 9.36. The number of hydrogen-bond acceptors (Lipinski definition) is 3. The van der Waals surface area contributed by atoms with E-state index in [1.165, 1.54) is 5.56 Å². The van der Waals surface area contributed by atoms with Crippen LogP contribution >= 0.6 is 0 Å². The number of aliphatic hydroxyl groups is 1. The van der Waals surface area contributed by atoms with E-state index in [2.05, 4.69) is 11.9 Å². The van der Waals surface area contributed by atoms with Gasteiger partial charge in [0.05, 0.1) is 18.0 Å². The Balaban J connectivity index is 2.08. The van der Waals surface area contributed by atoms with Crippen molar-refractivity contribution in [3.63, 3.8) is 0 Å². The van der Waals surface area contributed by atoms with Crippen LogP contribution in [0.1, 0.15) is 31.2 Å². The fraction of sp³-hybridized carbons (Fsp3) is 0.267. The lowest BCUT2D eigenvalue weighted by Gasteiger charge is -2.07. The van der Waals surface area contributed by atoms with Gasteiger partial charge in [-0.05, 0) is 43.2 Å². The molecule has 0 radical (unpaired) electrons. The van der Waals surface area contributed by atoms with Gasteiger partial charge in [0.25, 0.3) is 0 Å². The van der Waals surface area contributed by atoms with Crippen LogP contribution in [-0.2, 0) is 6.42 Å². The number of pyridine rings is 1. The highest BCUT2D eigenvalue weighted by Crippen LogP contribution is 2.22. The van der Waals surface area contributed by atoms with E-state index in [1.54, 1.807) is 19.2 Å². The minimum atomic E-state index is -0.553. The zero-order chi connectivity index (χ0) is 13.0. The first-order valence-electron chi connectivity index (χ1n) is 6.10. The van der Waals surface area contributed by atoms with E-state index >= 15 is 0 Å². The Morgan fingerprint density at radius 1 is 1.11 bits per heavy atom. The highest BCUT2D eigenvalue weighted by atomic mass is 16.5. The van der Waals surface area contributed by atoms with Crippen LogP contribution in [0.3, 0.4) is 0 Å². The van der Waals surface area contributed by atoms with Crippen LogP contribution in [0.4, 0.5) is 0 Å². The minimum Gasteiger partial charge on any atom is -0.456 e. The van der Waals surface area contributed by atoms with Gasteiger partial charge in [-0.25, -0.2) is 0 Å². The number of nitrogens with zero attached hydrogens (tertiary/aromatic N) is 1. The molecule has 0 fully saturated rings. The number of ether oxygens (including phenoxy) is 1. The van der Waals surface area contributed by atoms with Gasteiger partial charge < -0.3 is 9.84 Å². The number of aliphatic hydroxyl groups excluding tert-OH is 1. The number of hydrogen-bond donors (Lipinski definition) is 1. The summed E-state index contributed by atoms with van der Waals surface area (Å²) in [6.45, 7) is 3.81. The fourth-order valence-corrected chi connectivity index (χ4v) is 1.63. The van der Waals surface area contributed by atoms with Crippen molar-refractivity contribution in [1.82, 2.24) is 4.98 Å². The van der Waals surface area contributed by atoms with Crippen LogP contribution in [0, 0.1) is 0 Å². The largest absolute Gasteiger partial charge is 0.456 e. The van der Waals surface area contributed by atoms with Gasteiger partial charge in [0.15, 0.2) is 0 Å². The Bertz CT molecular complexity index is 489. The van der Waals surface area contributed by atoms with Crippen molar-refractivity contribution in [2.75, 3.05) is 0 Å². The zero-order valence-corrected chi connectivity index (χ0v) is 10.6. The third-order valence-electron chi connectivity index (χ3n) is 2.75. The molecular formula is C15H17NO2. The molecule has 3 nitrogen and oxygen atoms in total. The molecule has 1 N–H and O–H groups in total. The third kappa shape index (κ3) is 3.08. The number of aryl methyl sites for hydroxylation is 1. The molecular weight excluding hydrogens is 226 g/mol. The Morgan fingerprint density at radius 3 is 2.28 bits per heavy atom. The Labute approximate surface area is 107 Å². The molecule has 0 bridgehead atoms. The van der Waals surface area contributed by atoms with Crippen LogP contribution in [0.25, 0.3) is 0 Å². The van der Waals surface area contributed by atoms with E-state index in [1.807, 2.05) is 30.3 Å². The molecule has 2 aromatic rings. The van der Waals surface area contributed by atoms with Gasteiger partial charge in [0, 0.05) is 0 Å². The lowest BCUT2D eigenvalue weighted by molar-refractivity contribution is 0.194. The Morgan fingerprint density at radius 2 is 1.78 bits per heavy atom. The molecule has 94 valence electrons. The van der Waals surface area contributed by atoms with Crippen molar-refractivity contribution >= 4 is 0 Å². The maximum atomic E-state index is 9.36. The summed E-state index contributed by atoms with van der Waals surface area (Å²) in [5.41, 5.74) is 1.92. The van der Waals surface area contributed by atoms with Gasteiger partial charge in [0.2, 0.25) is 0 Å². The van der Waals surface area contributed by atoms with Crippen LogP contribution < -0.4 is 4.74 Å². The molecule has 1 atom stereocenters. The van der Waals surface area contributed by atoms with Crippen LogP contribution in [-0.4, -0.2) is 10.1 Å². The Kier molecular flexibility index (Phi) is 3.95. The predicted molar refractivity (Wildman–Crippen MR) is 70.8 cm³/mol. The van der Waals surface area contributed by atoms with E-state index in [9.17, 15) is 5.11 Å². The van der Waals surface area contributed by atoms with Gasteiger partial charge in [0.1, 0.15) is 11.5 Å². The molecule has 3 heteroatoms. The van der Waals surface area contributed by atoms with Crippen LogP contribution in [0.15, 0.2) is 42.6 Å². The van der Waals surface area contributed by atoms with Gasteiger partial charge in [-0.1, -0.05) is 19.1 Å². The topological polar surface area (TPSA) is 42.4 Å². The maximum Gasteiger partial charge on any atom is 0.145 e. The van der Waals surface area contributed by atoms with Gasteiger partial charge in [-0.3, -0.25) is 4.98 Å². The monoisotopic (exact) mass is 243 g/mol. The van der Waals surface area contributed by atoms with Crippen LogP contribution in [0.5, 0.6) is 11.5 Å². The van der Waals surface area contributed by atoms with Crippen molar-refractivity contribution in [3.05, 3.63) is 53.9 Å². The fourth-order valence-electron chi connectivity index (χ4n) is 1.63. The predicted octanol–water partition coefficient (Wildman–Crippen LogP) is 3.49. The highest BCUT2D eigenvalue weighted by Gasteiger charge is 2.03. The summed E-state index contributed by atoms with van der Waals surface area (Å²) in [5, 5.41) is 9.36.